The lowest BCUT2D eigenvalue weighted by atomic mass is 10.1. The highest BCUT2D eigenvalue weighted by Crippen LogP contribution is 2.33. The predicted octanol–water partition coefficient (Wildman–Crippen LogP) is 3.08. The Labute approximate surface area is 108 Å². The molecule has 1 aromatic rings. The molecule has 2 atom stereocenters. The van der Waals surface area contributed by atoms with E-state index in [0.717, 1.165) is 24.0 Å². The third-order valence-corrected chi connectivity index (χ3v) is 4.15. The number of benzene rings is 1. The first kappa shape index (κ1) is 11.8. The van der Waals surface area contributed by atoms with Crippen LogP contribution < -0.4 is 14.8 Å². The highest BCUT2D eigenvalue weighted by atomic mass is 16.7. The number of fused-ring (bicyclic) bond motifs is 1. The van der Waals surface area contributed by atoms with E-state index in [1.54, 1.807) is 0 Å². The van der Waals surface area contributed by atoms with Gasteiger partial charge < -0.3 is 14.8 Å². The van der Waals surface area contributed by atoms with Crippen molar-refractivity contribution in [1.82, 2.24) is 5.32 Å². The summed E-state index contributed by atoms with van der Waals surface area (Å²) in [6.45, 7) is 3.58. The maximum absolute atomic E-state index is 5.40. The Kier molecular flexibility index (Phi) is 3.41. The van der Waals surface area contributed by atoms with Gasteiger partial charge in [0.25, 0.3) is 0 Å². The summed E-state index contributed by atoms with van der Waals surface area (Å²) >= 11 is 0. The van der Waals surface area contributed by atoms with Gasteiger partial charge in [0.05, 0.1) is 0 Å². The fraction of sp³-hybridized carbons (Fsp3) is 0.600. The average Bonchev–Trinajstić information content (AvgIpc) is 3.04. The summed E-state index contributed by atoms with van der Waals surface area (Å²) < 4.78 is 10.7. The number of hydrogen-bond donors (Lipinski definition) is 1. The second kappa shape index (κ2) is 5.19. The van der Waals surface area contributed by atoms with Crippen molar-refractivity contribution in [1.29, 1.82) is 0 Å². The van der Waals surface area contributed by atoms with Gasteiger partial charge in [-0.3, -0.25) is 0 Å². The first-order valence-electron chi connectivity index (χ1n) is 6.97. The molecule has 1 aromatic carbocycles. The molecule has 0 spiro atoms. The van der Waals surface area contributed by atoms with Crippen LogP contribution in [0, 0.1) is 5.92 Å². The molecule has 0 aromatic heterocycles. The molecule has 18 heavy (non-hydrogen) atoms. The van der Waals surface area contributed by atoms with Crippen LogP contribution in [0.1, 0.15) is 38.2 Å². The van der Waals surface area contributed by atoms with Gasteiger partial charge in [-0.2, -0.15) is 0 Å². The Morgan fingerprint density at radius 2 is 2.11 bits per heavy atom. The first-order valence-corrected chi connectivity index (χ1v) is 6.97. The molecule has 1 N–H and O–H groups in total. The van der Waals surface area contributed by atoms with Crippen LogP contribution in [0.5, 0.6) is 11.5 Å². The van der Waals surface area contributed by atoms with Crippen LogP contribution in [0.25, 0.3) is 0 Å². The Morgan fingerprint density at radius 3 is 2.94 bits per heavy atom. The molecule has 0 radical (unpaired) electrons. The van der Waals surface area contributed by atoms with E-state index < -0.39 is 0 Å². The summed E-state index contributed by atoms with van der Waals surface area (Å²) in [6.07, 6.45) is 5.36. The molecular weight excluding hydrogens is 226 g/mol. The van der Waals surface area contributed by atoms with Gasteiger partial charge in [-0.05, 0) is 42.9 Å². The molecular formula is C15H21NO2. The Hall–Kier alpha value is -1.22. The zero-order chi connectivity index (χ0) is 12.4. The maximum Gasteiger partial charge on any atom is 0.231 e. The van der Waals surface area contributed by atoms with E-state index in [1.807, 2.05) is 6.07 Å². The second-order valence-electron chi connectivity index (χ2n) is 5.35. The maximum atomic E-state index is 5.40. The monoisotopic (exact) mass is 247 g/mol. The van der Waals surface area contributed by atoms with Crippen LogP contribution in [0.15, 0.2) is 18.2 Å². The molecule has 3 nitrogen and oxygen atoms in total. The number of ether oxygens (including phenoxy) is 2. The average molecular weight is 247 g/mol. The number of nitrogens with one attached hydrogen (secondary N) is 1. The van der Waals surface area contributed by atoms with Crippen molar-refractivity contribution in [2.45, 2.75) is 45.2 Å². The fourth-order valence-corrected chi connectivity index (χ4v) is 2.94. The van der Waals surface area contributed by atoms with E-state index >= 15 is 0 Å². The molecule has 0 bridgehead atoms. The molecule has 1 aliphatic heterocycles. The quantitative estimate of drug-likeness (QED) is 0.887. The van der Waals surface area contributed by atoms with Gasteiger partial charge in [0.1, 0.15) is 0 Å². The van der Waals surface area contributed by atoms with Crippen molar-refractivity contribution in [2.75, 3.05) is 6.79 Å². The normalized spacial score (nSPS) is 25.6. The summed E-state index contributed by atoms with van der Waals surface area (Å²) in [5, 5.41) is 3.66. The Morgan fingerprint density at radius 1 is 1.22 bits per heavy atom. The van der Waals surface area contributed by atoms with Gasteiger partial charge in [0.2, 0.25) is 6.79 Å². The zero-order valence-corrected chi connectivity index (χ0v) is 10.9. The van der Waals surface area contributed by atoms with Crippen LogP contribution in [0.2, 0.25) is 0 Å². The smallest absolute Gasteiger partial charge is 0.231 e. The third kappa shape index (κ3) is 2.46. The topological polar surface area (TPSA) is 30.5 Å². The summed E-state index contributed by atoms with van der Waals surface area (Å²) in [5.41, 5.74) is 1.28. The minimum absolute atomic E-state index is 0.354. The molecule has 3 heteroatoms. The summed E-state index contributed by atoms with van der Waals surface area (Å²) in [5.74, 6) is 2.68. The minimum atomic E-state index is 0.354. The Bertz CT molecular complexity index is 419. The standard InChI is InChI=1S/C15H21NO2/c1-2-11-3-5-13(7-11)16-9-12-4-6-14-15(8-12)18-10-17-14/h4,6,8,11,13,16H,2-3,5,7,9-10H2,1H3. The largest absolute Gasteiger partial charge is 0.454 e. The molecule has 3 rings (SSSR count). The van der Waals surface area contributed by atoms with E-state index in [9.17, 15) is 0 Å². The molecule has 1 saturated carbocycles. The lowest BCUT2D eigenvalue weighted by Gasteiger charge is -2.13. The van der Waals surface area contributed by atoms with Gasteiger partial charge in [0, 0.05) is 12.6 Å². The molecule has 0 saturated heterocycles. The molecule has 1 heterocycles. The van der Waals surface area contributed by atoms with Crippen molar-refractivity contribution in [2.24, 2.45) is 5.92 Å². The van der Waals surface area contributed by atoms with Crippen LogP contribution in [-0.2, 0) is 6.54 Å². The third-order valence-electron chi connectivity index (χ3n) is 4.15. The molecule has 0 amide bonds. The van der Waals surface area contributed by atoms with Crippen molar-refractivity contribution in [3.63, 3.8) is 0 Å². The molecule has 1 aliphatic carbocycles. The summed E-state index contributed by atoms with van der Waals surface area (Å²) in [6, 6.07) is 6.90. The van der Waals surface area contributed by atoms with Crippen LogP contribution in [0.4, 0.5) is 0 Å². The van der Waals surface area contributed by atoms with E-state index in [-0.39, 0.29) is 0 Å². The van der Waals surface area contributed by atoms with Gasteiger partial charge in [0.15, 0.2) is 11.5 Å². The van der Waals surface area contributed by atoms with E-state index in [0.29, 0.717) is 12.8 Å². The lowest BCUT2D eigenvalue weighted by molar-refractivity contribution is 0.174. The lowest BCUT2D eigenvalue weighted by Crippen LogP contribution is -2.25. The number of hydrogen-bond acceptors (Lipinski definition) is 3. The van der Waals surface area contributed by atoms with Gasteiger partial charge >= 0.3 is 0 Å². The zero-order valence-electron chi connectivity index (χ0n) is 10.9. The number of rotatable bonds is 4. The first-order chi connectivity index (χ1) is 8.85. The molecule has 2 unspecified atom stereocenters. The summed E-state index contributed by atoms with van der Waals surface area (Å²) in [4.78, 5) is 0. The molecule has 1 fully saturated rings. The van der Waals surface area contributed by atoms with Crippen LogP contribution in [-0.4, -0.2) is 12.8 Å². The molecule has 98 valence electrons. The minimum Gasteiger partial charge on any atom is -0.454 e. The Balaban J connectivity index is 1.54. The highest BCUT2D eigenvalue weighted by molar-refractivity contribution is 5.44. The summed E-state index contributed by atoms with van der Waals surface area (Å²) in [7, 11) is 0. The van der Waals surface area contributed by atoms with E-state index in [2.05, 4.69) is 24.4 Å². The van der Waals surface area contributed by atoms with E-state index in [1.165, 1.54) is 31.2 Å². The van der Waals surface area contributed by atoms with Crippen LogP contribution >= 0.6 is 0 Å². The second-order valence-corrected chi connectivity index (χ2v) is 5.35. The van der Waals surface area contributed by atoms with Gasteiger partial charge in [-0.25, -0.2) is 0 Å². The van der Waals surface area contributed by atoms with Gasteiger partial charge in [-0.15, -0.1) is 0 Å². The predicted molar refractivity (Wildman–Crippen MR) is 70.8 cm³/mol. The van der Waals surface area contributed by atoms with E-state index in [4.69, 9.17) is 9.47 Å². The van der Waals surface area contributed by atoms with Crippen molar-refractivity contribution < 1.29 is 9.47 Å². The van der Waals surface area contributed by atoms with Crippen LogP contribution in [0.3, 0.4) is 0 Å². The fourth-order valence-electron chi connectivity index (χ4n) is 2.94. The van der Waals surface area contributed by atoms with Crippen molar-refractivity contribution in [3.8, 4) is 11.5 Å². The SMILES string of the molecule is CCC1CCC(NCc2ccc3c(c2)OCO3)C1. The highest BCUT2D eigenvalue weighted by Gasteiger charge is 2.22. The van der Waals surface area contributed by atoms with Crippen molar-refractivity contribution in [3.05, 3.63) is 23.8 Å². The molecule has 2 aliphatic rings. The van der Waals surface area contributed by atoms with Gasteiger partial charge in [-0.1, -0.05) is 19.4 Å². The van der Waals surface area contributed by atoms with Crippen molar-refractivity contribution >= 4 is 0 Å².